The largest absolute Gasteiger partial charge is 0.334 e. The quantitative estimate of drug-likeness (QED) is 0.834. The van der Waals surface area contributed by atoms with Crippen LogP contribution in [-0.2, 0) is 11.8 Å². The molecule has 19 heavy (non-hydrogen) atoms. The van der Waals surface area contributed by atoms with Gasteiger partial charge in [0.1, 0.15) is 11.5 Å². The van der Waals surface area contributed by atoms with Crippen LogP contribution in [0.3, 0.4) is 0 Å². The number of likely N-dealkylation sites (tertiary alicyclic amines) is 1. The number of Topliss-reactive ketones (excluding diaryl/α,β-unsaturated/α-hetero) is 1. The van der Waals surface area contributed by atoms with Crippen molar-refractivity contribution in [2.24, 2.45) is 7.05 Å². The number of hydrogen-bond donors (Lipinski definition) is 0. The summed E-state index contributed by atoms with van der Waals surface area (Å²) in [7, 11) is 1.78. The first-order valence-electron chi connectivity index (χ1n) is 6.80. The number of amides is 1. The molecule has 0 N–H and O–H groups in total. The zero-order valence-electron chi connectivity index (χ0n) is 11.8. The van der Waals surface area contributed by atoms with Gasteiger partial charge < -0.3 is 4.90 Å². The molecule has 0 spiro atoms. The van der Waals surface area contributed by atoms with Gasteiger partial charge in [-0.3, -0.25) is 14.3 Å². The van der Waals surface area contributed by atoms with Crippen molar-refractivity contribution in [1.82, 2.24) is 14.7 Å². The van der Waals surface area contributed by atoms with Crippen LogP contribution in [0.1, 0.15) is 48.8 Å². The monoisotopic (exact) mass is 263 g/mol. The Hall–Kier alpha value is -1.65. The van der Waals surface area contributed by atoms with Crippen molar-refractivity contribution in [1.29, 1.82) is 0 Å². The summed E-state index contributed by atoms with van der Waals surface area (Å²) in [6.45, 7) is 4.20. The molecular formula is C14H21N3O2. The van der Waals surface area contributed by atoms with E-state index < -0.39 is 0 Å². The molecule has 0 radical (unpaired) electrons. The van der Waals surface area contributed by atoms with E-state index in [2.05, 4.69) is 5.10 Å². The summed E-state index contributed by atoms with van der Waals surface area (Å²) in [5.74, 6) is 0.139. The highest BCUT2D eigenvalue weighted by atomic mass is 16.2. The Labute approximate surface area is 113 Å². The molecule has 0 saturated carbocycles. The molecule has 5 nitrogen and oxygen atoms in total. The maximum Gasteiger partial charge on any atom is 0.272 e. The standard InChI is InChI=1S/C14H21N3O2/c1-10-8-13(16(3)15-10)14(19)17-7-5-4-6-12(17)9-11(2)18/h8,12H,4-7,9H2,1-3H3. The number of piperidine rings is 1. The fourth-order valence-electron chi connectivity index (χ4n) is 2.77. The molecule has 5 heteroatoms. The molecule has 1 atom stereocenters. The van der Waals surface area contributed by atoms with Crippen molar-refractivity contribution < 1.29 is 9.59 Å². The third kappa shape index (κ3) is 3.03. The van der Waals surface area contributed by atoms with Gasteiger partial charge in [0.15, 0.2) is 0 Å². The molecule has 1 aliphatic heterocycles. The third-order valence-electron chi connectivity index (χ3n) is 3.63. The predicted molar refractivity (Wildman–Crippen MR) is 71.9 cm³/mol. The number of carbonyl (C=O) groups is 2. The molecule has 1 fully saturated rings. The molecule has 0 aromatic carbocycles. The number of aryl methyl sites for hydroxylation is 2. The van der Waals surface area contributed by atoms with E-state index in [-0.39, 0.29) is 17.7 Å². The fourth-order valence-corrected chi connectivity index (χ4v) is 2.77. The Balaban J connectivity index is 2.19. The van der Waals surface area contributed by atoms with Crippen LogP contribution in [0.5, 0.6) is 0 Å². The van der Waals surface area contributed by atoms with E-state index in [0.717, 1.165) is 31.5 Å². The summed E-state index contributed by atoms with van der Waals surface area (Å²) < 4.78 is 1.62. The first kappa shape index (κ1) is 13.8. The molecule has 104 valence electrons. The lowest BCUT2D eigenvalue weighted by Crippen LogP contribution is -2.45. The van der Waals surface area contributed by atoms with E-state index in [1.165, 1.54) is 0 Å². The minimum atomic E-state index is -0.00551. The molecule has 1 aliphatic rings. The van der Waals surface area contributed by atoms with Crippen LogP contribution in [0.15, 0.2) is 6.07 Å². The zero-order chi connectivity index (χ0) is 14.0. The van der Waals surface area contributed by atoms with Crippen LogP contribution in [-0.4, -0.2) is 39.0 Å². The van der Waals surface area contributed by atoms with E-state index in [9.17, 15) is 9.59 Å². The van der Waals surface area contributed by atoms with Crippen LogP contribution < -0.4 is 0 Å². The van der Waals surface area contributed by atoms with Crippen LogP contribution in [0.2, 0.25) is 0 Å². The topological polar surface area (TPSA) is 55.2 Å². The van der Waals surface area contributed by atoms with Crippen molar-refractivity contribution in [3.8, 4) is 0 Å². The van der Waals surface area contributed by atoms with Gasteiger partial charge in [0, 0.05) is 26.1 Å². The molecule has 1 saturated heterocycles. The smallest absolute Gasteiger partial charge is 0.272 e. The number of rotatable bonds is 3. The van der Waals surface area contributed by atoms with Gasteiger partial charge in [-0.05, 0) is 39.2 Å². The molecule has 1 aromatic heterocycles. The Morgan fingerprint density at radius 1 is 1.42 bits per heavy atom. The molecular weight excluding hydrogens is 242 g/mol. The summed E-state index contributed by atoms with van der Waals surface area (Å²) in [4.78, 5) is 25.8. The van der Waals surface area contributed by atoms with Crippen molar-refractivity contribution in [3.05, 3.63) is 17.5 Å². The minimum Gasteiger partial charge on any atom is -0.334 e. The summed E-state index contributed by atoms with van der Waals surface area (Å²) in [6, 6.07) is 1.86. The van der Waals surface area contributed by atoms with Gasteiger partial charge in [0.05, 0.1) is 5.69 Å². The van der Waals surface area contributed by atoms with E-state index in [1.54, 1.807) is 18.7 Å². The second-order valence-corrected chi connectivity index (χ2v) is 5.35. The summed E-state index contributed by atoms with van der Waals surface area (Å²) in [5.41, 5.74) is 1.44. The van der Waals surface area contributed by atoms with Crippen molar-refractivity contribution in [3.63, 3.8) is 0 Å². The average molecular weight is 263 g/mol. The van der Waals surface area contributed by atoms with E-state index >= 15 is 0 Å². The highest BCUT2D eigenvalue weighted by molar-refractivity contribution is 5.93. The van der Waals surface area contributed by atoms with E-state index in [1.807, 2.05) is 17.9 Å². The summed E-state index contributed by atoms with van der Waals surface area (Å²) in [6.07, 6.45) is 3.48. The van der Waals surface area contributed by atoms with Gasteiger partial charge in [-0.2, -0.15) is 5.10 Å². The van der Waals surface area contributed by atoms with Gasteiger partial charge in [-0.15, -0.1) is 0 Å². The molecule has 0 aliphatic carbocycles. The van der Waals surface area contributed by atoms with Gasteiger partial charge >= 0.3 is 0 Å². The number of nitrogens with zero attached hydrogens (tertiary/aromatic N) is 3. The van der Waals surface area contributed by atoms with Gasteiger partial charge in [-0.25, -0.2) is 0 Å². The average Bonchev–Trinajstić information content (AvgIpc) is 2.67. The SMILES string of the molecule is CC(=O)CC1CCCCN1C(=O)c1cc(C)nn1C. The number of ketones is 1. The van der Waals surface area contributed by atoms with Crippen LogP contribution in [0, 0.1) is 6.92 Å². The maximum atomic E-state index is 12.6. The predicted octanol–water partition coefficient (Wildman–Crippen LogP) is 1.70. The zero-order valence-corrected chi connectivity index (χ0v) is 11.8. The number of carbonyl (C=O) groups excluding carboxylic acids is 2. The highest BCUT2D eigenvalue weighted by Gasteiger charge is 2.29. The Morgan fingerprint density at radius 3 is 2.74 bits per heavy atom. The Kier molecular flexibility index (Phi) is 4.02. The van der Waals surface area contributed by atoms with Crippen LogP contribution in [0.4, 0.5) is 0 Å². The van der Waals surface area contributed by atoms with Crippen molar-refractivity contribution in [2.75, 3.05) is 6.54 Å². The van der Waals surface area contributed by atoms with Crippen molar-refractivity contribution in [2.45, 2.75) is 45.6 Å². The molecule has 1 aromatic rings. The number of hydrogen-bond acceptors (Lipinski definition) is 3. The van der Waals surface area contributed by atoms with Gasteiger partial charge in [-0.1, -0.05) is 0 Å². The number of aromatic nitrogens is 2. The molecule has 2 heterocycles. The lowest BCUT2D eigenvalue weighted by atomic mass is 9.97. The first-order valence-corrected chi connectivity index (χ1v) is 6.80. The third-order valence-corrected chi connectivity index (χ3v) is 3.63. The van der Waals surface area contributed by atoms with Crippen molar-refractivity contribution >= 4 is 11.7 Å². The second kappa shape index (κ2) is 5.55. The highest BCUT2D eigenvalue weighted by Crippen LogP contribution is 2.22. The minimum absolute atomic E-state index is 0.00551. The summed E-state index contributed by atoms with van der Waals surface area (Å²) >= 11 is 0. The van der Waals surface area contributed by atoms with E-state index in [0.29, 0.717) is 12.1 Å². The second-order valence-electron chi connectivity index (χ2n) is 5.35. The molecule has 2 rings (SSSR count). The van der Waals surface area contributed by atoms with Crippen LogP contribution in [0.25, 0.3) is 0 Å². The maximum absolute atomic E-state index is 12.6. The first-order chi connectivity index (χ1) is 8.99. The molecule has 1 unspecified atom stereocenters. The Morgan fingerprint density at radius 2 is 2.16 bits per heavy atom. The summed E-state index contributed by atoms with van der Waals surface area (Å²) in [5, 5.41) is 4.22. The lowest BCUT2D eigenvalue weighted by molar-refractivity contribution is -0.118. The van der Waals surface area contributed by atoms with E-state index in [4.69, 9.17) is 0 Å². The van der Waals surface area contributed by atoms with Gasteiger partial charge in [0.2, 0.25) is 0 Å². The van der Waals surface area contributed by atoms with Gasteiger partial charge in [0.25, 0.3) is 5.91 Å². The normalized spacial score (nSPS) is 19.5. The molecule has 0 bridgehead atoms. The fraction of sp³-hybridized carbons (Fsp3) is 0.643. The Bertz CT molecular complexity index is 493. The van der Waals surface area contributed by atoms with Crippen LogP contribution >= 0.6 is 0 Å². The lowest BCUT2D eigenvalue weighted by Gasteiger charge is -2.35. The molecule has 1 amide bonds.